The van der Waals surface area contributed by atoms with E-state index in [4.69, 9.17) is 32.7 Å². The normalized spacial score (nSPS) is 14.2. The number of halogens is 2. The average Bonchev–Trinajstić information content (AvgIpc) is 2.76. The number of hydrogen-bond acceptors (Lipinski definition) is 6. The van der Waals surface area contributed by atoms with E-state index in [2.05, 4.69) is 4.98 Å². The molecule has 0 radical (unpaired) electrons. The molecule has 0 atom stereocenters. The Hall–Kier alpha value is -2.51. The molecule has 0 N–H and O–H groups in total. The second kappa shape index (κ2) is 11.1. The molecule has 0 bridgehead atoms. The van der Waals surface area contributed by atoms with Crippen LogP contribution in [0.3, 0.4) is 0 Å². The number of anilines is 1. The zero-order chi connectivity index (χ0) is 24.0. The van der Waals surface area contributed by atoms with Gasteiger partial charge in [-0.3, -0.25) is 0 Å². The van der Waals surface area contributed by atoms with Crippen LogP contribution < -0.4 is 4.90 Å². The molecule has 7 nitrogen and oxygen atoms in total. The molecular weight excluding hydrogens is 465 g/mol. The summed E-state index contributed by atoms with van der Waals surface area (Å²) in [6.45, 7) is 7.98. The quantitative estimate of drug-likeness (QED) is 0.404. The number of carbonyl (C=O) groups excluding carboxylic acids is 2. The molecule has 178 valence electrons. The first-order valence-corrected chi connectivity index (χ1v) is 11.7. The molecule has 9 heteroatoms. The first-order valence-electron chi connectivity index (χ1n) is 10.9. The SMILES string of the molecule is CC(C)(C)OC(=O)N1CCN(c2ncc(C(=O)OCCCc3ccc(Cl)cc3)cc2Cl)CC1. The highest BCUT2D eigenvalue weighted by atomic mass is 35.5. The lowest BCUT2D eigenvalue weighted by molar-refractivity contribution is 0.0240. The molecule has 1 amide bonds. The Morgan fingerprint density at radius 2 is 1.73 bits per heavy atom. The molecule has 1 aliphatic heterocycles. The van der Waals surface area contributed by atoms with Crippen LogP contribution in [0, 0.1) is 0 Å². The molecule has 1 aromatic carbocycles. The highest BCUT2D eigenvalue weighted by molar-refractivity contribution is 6.33. The average molecular weight is 494 g/mol. The van der Waals surface area contributed by atoms with Crippen molar-refractivity contribution in [3.8, 4) is 0 Å². The number of nitrogens with zero attached hydrogens (tertiary/aromatic N) is 3. The Morgan fingerprint density at radius 3 is 2.33 bits per heavy atom. The van der Waals surface area contributed by atoms with E-state index < -0.39 is 11.6 Å². The smallest absolute Gasteiger partial charge is 0.410 e. The molecule has 1 aliphatic rings. The molecule has 3 rings (SSSR count). The summed E-state index contributed by atoms with van der Waals surface area (Å²) in [4.78, 5) is 32.6. The summed E-state index contributed by atoms with van der Waals surface area (Å²) in [7, 11) is 0. The monoisotopic (exact) mass is 493 g/mol. The molecule has 33 heavy (non-hydrogen) atoms. The zero-order valence-corrected chi connectivity index (χ0v) is 20.7. The second-order valence-electron chi connectivity index (χ2n) is 8.85. The maximum atomic E-state index is 12.4. The Morgan fingerprint density at radius 1 is 1.06 bits per heavy atom. The molecule has 1 aromatic heterocycles. The maximum Gasteiger partial charge on any atom is 0.410 e. The number of carbonyl (C=O) groups is 2. The van der Waals surface area contributed by atoms with E-state index in [-0.39, 0.29) is 6.09 Å². The molecular formula is C24H29Cl2N3O4. The lowest BCUT2D eigenvalue weighted by atomic mass is 10.1. The van der Waals surface area contributed by atoms with Crippen LogP contribution in [0.5, 0.6) is 0 Å². The number of benzene rings is 1. The first-order chi connectivity index (χ1) is 15.6. The van der Waals surface area contributed by atoms with Crippen LogP contribution in [0.15, 0.2) is 36.5 Å². The van der Waals surface area contributed by atoms with Crippen molar-refractivity contribution < 1.29 is 19.1 Å². The van der Waals surface area contributed by atoms with E-state index in [1.54, 1.807) is 11.0 Å². The third kappa shape index (κ3) is 7.51. The number of piperazine rings is 1. The summed E-state index contributed by atoms with van der Waals surface area (Å²) in [5, 5.41) is 1.07. The summed E-state index contributed by atoms with van der Waals surface area (Å²) in [6, 6.07) is 9.18. The molecule has 1 fully saturated rings. The Labute approximate surface area is 204 Å². The predicted octanol–water partition coefficient (Wildman–Crippen LogP) is 5.24. The van der Waals surface area contributed by atoms with Gasteiger partial charge in [0, 0.05) is 37.4 Å². The van der Waals surface area contributed by atoms with Gasteiger partial charge in [-0.05, 0) is 57.4 Å². The van der Waals surface area contributed by atoms with E-state index in [0.29, 0.717) is 60.6 Å². The molecule has 0 spiro atoms. The van der Waals surface area contributed by atoms with Crippen molar-refractivity contribution in [2.45, 2.75) is 39.2 Å². The van der Waals surface area contributed by atoms with Crippen molar-refractivity contribution in [3.05, 3.63) is 57.7 Å². The molecule has 2 aromatic rings. The largest absolute Gasteiger partial charge is 0.462 e. The summed E-state index contributed by atoms with van der Waals surface area (Å²) in [6.07, 6.45) is 2.64. The number of rotatable bonds is 6. The van der Waals surface area contributed by atoms with Crippen LogP contribution in [0.25, 0.3) is 0 Å². The van der Waals surface area contributed by atoms with E-state index >= 15 is 0 Å². The van der Waals surface area contributed by atoms with Crippen LogP contribution in [-0.2, 0) is 15.9 Å². The third-order valence-electron chi connectivity index (χ3n) is 5.04. The van der Waals surface area contributed by atoms with Crippen molar-refractivity contribution in [2.24, 2.45) is 0 Å². The fourth-order valence-electron chi connectivity index (χ4n) is 3.38. The molecule has 2 heterocycles. The summed E-state index contributed by atoms with van der Waals surface area (Å²) < 4.78 is 10.8. The number of aromatic nitrogens is 1. The van der Waals surface area contributed by atoms with Gasteiger partial charge < -0.3 is 19.3 Å². The van der Waals surface area contributed by atoms with Crippen LogP contribution in [0.4, 0.5) is 10.6 Å². The van der Waals surface area contributed by atoms with E-state index in [9.17, 15) is 9.59 Å². The van der Waals surface area contributed by atoms with Gasteiger partial charge in [0.05, 0.1) is 17.2 Å². The molecule has 0 unspecified atom stereocenters. The van der Waals surface area contributed by atoms with Gasteiger partial charge >= 0.3 is 12.1 Å². The number of pyridine rings is 1. The summed E-state index contributed by atoms with van der Waals surface area (Å²) in [5.41, 5.74) is 0.915. The first kappa shape index (κ1) is 25.1. The van der Waals surface area contributed by atoms with Gasteiger partial charge in [-0.1, -0.05) is 35.3 Å². The lowest BCUT2D eigenvalue weighted by Crippen LogP contribution is -2.50. The van der Waals surface area contributed by atoms with Crippen molar-refractivity contribution in [3.63, 3.8) is 0 Å². The highest BCUT2D eigenvalue weighted by Gasteiger charge is 2.27. The van der Waals surface area contributed by atoms with E-state index in [1.165, 1.54) is 6.20 Å². The van der Waals surface area contributed by atoms with Gasteiger partial charge in [-0.15, -0.1) is 0 Å². The zero-order valence-electron chi connectivity index (χ0n) is 19.1. The van der Waals surface area contributed by atoms with Crippen molar-refractivity contribution in [1.82, 2.24) is 9.88 Å². The van der Waals surface area contributed by atoms with Crippen LogP contribution in [-0.4, -0.2) is 60.3 Å². The number of hydrogen-bond donors (Lipinski definition) is 0. The predicted molar refractivity (Wildman–Crippen MR) is 129 cm³/mol. The fraction of sp³-hybridized carbons (Fsp3) is 0.458. The molecule has 1 saturated heterocycles. The minimum Gasteiger partial charge on any atom is -0.462 e. The molecule has 0 saturated carbocycles. The Bertz CT molecular complexity index is 969. The summed E-state index contributed by atoms with van der Waals surface area (Å²) in [5.74, 6) is 0.126. The topological polar surface area (TPSA) is 72.0 Å². The second-order valence-corrected chi connectivity index (χ2v) is 9.69. The maximum absolute atomic E-state index is 12.4. The fourth-order valence-corrected chi connectivity index (χ4v) is 3.79. The number of ether oxygens (including phenoxy) is 2. The van der Waals surface area contributed by atoms with Crippen molar-refractivity contribution >= 4 is 41.1 Å². The highest BCUT2D eigenvalue weighted by Crippen LogP contribution is 2.26. The van der Waals surface area contributed by atoms with Gasteiger partial charge in [0.2, 0.25) is 0 Å². The Kier molecular flexibility index (Phi) is 8.43. The van der Waals surface area contributed by atoms with Crippen LogP contribution in [0.2, 0.25) is 10.0 Å². The number of amides is 1. The summed E-state index contributed by atoms with van der Waals surface area (Å²) >= 11 is 12.3. The lowest BCUT2D eigenvalue weighted by Gasteiger charge is -2.36. The van der Waals surface area contributed by atoms with Crippen LogP contribution >= 0.6 is 23.2 Å². The Balaban J connectivity index is 1.47. The van der Waals surface area contributed by atoms with Gasteiger partial charge in [0.25, 0.3) is 0 Å². The minimum absolute atomic E-state index is 0.299. The van der Waals surface area contributed by atoms with Crippen LogP contribution in [0.1, 0.15) is 43.1 Å². The number of aryl methyl sites for hydroxylation is 1. The van der Waals surface area contributed by atoms with E-state index in [1.807, 2.05) is 49.9 Å². The number of esters is 1. The van der Waals surface area contributed by atoms with Crippen molar-refractivity contribution in [2.75, 3.05) is 37.7 Å². The van der Waals surface area contributed by atoms with Gasteiger partial charge in [-0.2, -0.15) is 0 Å². The standard InChI is InChI=1S/C24H29Cl2N3O4/c1-24(2,3)33-23(31)29-12-10-28(11-13-29)21-20(26)15-18(16-27-21)22(30)32-14-4-5-17-6-8-19(25)9-7-17/h6-9,15-16H,4-5,10-14H2,1-3H3. The van der Waals surface area contributed by atoms with Gasteiger partial charge in [-0.25, -0.2) is 14.6 Å². The minimum atomic E-state index is -0.528. The van der Waals surface area contributed by atoms with Gasteiger partial charge in [0.15, 0.2) is 0 Å². The molecule has 0 aliphatic carbocycles. The van der Waals surface area contributed by atoms with Crippen molar-refractivity contribution in [1.29, 1.82) is 0 Å². The third-order valence-corrected chi connectivity index (χ3v) is 5.57. The van der Waals surface area contributed by atoms with E-state index in [0.717, 1.165) is 12.0 Å². The van der Waals surface area contributed by atoms with Gasteiger partial charge in [0.1, 0.15) is 11.4 Å².